The fourth-order valence-corrected chi connectivity index (χ4v) is 3.83. The minimum Gasteiger partial charge on any atom is -0.496 e. The van der Waals surface area contributed by atoms with Crippen LogP contribution in [0.5, 0.6) is 5.75 Å². The predicted octanol–water partition coefficient (Wildman–Crippen LogP) is 3.10. The third-order valence-corrected chi connectivity index (χ3v) is 5.62. The Hall–Kier alpha value is -4.02. The Labute approximate surface area is 210 Å². The number of hydrogen-bond donors (Lipinski definition) is 4. The Morgan fingerprint density at radius 2 is 1.81 bits per heavy atom. The lowest BCUT2D eigenvalue weighted by Crippen LogP contribution is -2.44. The number of nitrogens with two attached hydrogens (primary N) is 1. The van der Waals surface area contributed by atoms with Crippen LogP contribution in [0, 0.1) is 0 Å². The predicted molar refractivity (Wildman–Crippen MR) is 137 cm³/mol. The van der Waals surface area contributed by atoms with Crippen LogP contribution in [0.25, 0.3) is 0 Å². The van der Waals surface area contributed by atoms with Crippen LogP contribution in [-0.4, -0.2) is 66.7 Å². The lowest BCUT2D eigenvalue weighted by molar-refractivity contribution is 0.0210. The molecule has 5 N–H and O–H groups in total. The number of ether oxygens (including phenoxy) is 2. The molecule has 0 bridgehead atoms. The summed E-state index contributed by atoms with van der Waals surface area (Å²) in [5, 5.41) is 9.12. The van der Waals surface area contributed by atoms with Crippen molar-refractivity contribution in [2.75, 3.05) is 37.9 Å². The zero-order chi connectivity index (χ0) is 26.5. The Morgan fingerprint density at radius 1 is 1.11 bits per heavy atom. The number of benzene rings is 1. The van der Waals surface area contributed by atoms with E-state index in [9.17, 15) is 14.4 Å². The van der Waals surface area contributed by atoms with Gasteiger partial charge in [-0.25, -0.2) is 9.78 Å². The van der Waals surface area contributed by atoms with E-state index < -0.39 is 11.5 Å². The van der Waals surface area contributed by atoms with Gasteiger partial charge in [-0.3, -0.25) is 9.59 Å². The zero-order valence-electron chi connectivity index (χ0n) is 21.3. The number of nitrogens with zero attached hydrogens (tertiary/aromatic N) is 2. The molecular weight excluding hydrogens is 464 g/mol. The van der Waals surface area contributed by atoms with Crippen molar-refractivity contribution in [3.63, 3.8) is 0 Å². The van der Waals surface area contributed by atoms with E-state index in [0.29, 0.717) is 54.4 Å². The van der Waals surface area contributed by atoms with Gasteiger partial charge in [0.2, 0.25) is 0 Å². The first-order valence-corrected chi connectivity index (χ1v) is 11.7. The summed E-state index contributed by atoms with van der Waals surface area (Å²) in [5.41, 5.74) is 6.90. The number of aromatic nitrogens is 1. The maximum absolute atomic E-state index is 12.3. The molecule has 11 heteroatoms. The molecule has 2 heterocycles. The van der Waals surface area contributed by atoms with Crippen molar-refractivity contribution in [3.8, 4) is 5.75 Å². The van der Waals surface area contributed by atoms with Crippen LogP contribution in [0.4, 0.5) is 22.0 Å². The monoisotopic (exact) mass is 498 g/mol. The van der Waals surface area contributed by atoms with Crippen molar-refractivity contribution >= 4 is 35.1 Å². The highest BCUT2D eigenvalue weighted by Gasteiger charge is 2.27. The number of carbonyl (C=O) groups is 3. The number of carbonyl (C=O) groups excluding carboxylic acids is 3. The SMILES string of the molecule is CNC(=O)c1ccc(Nc2cc(NC3CCN(C(=O)OC(C)(C)C)CC3)c(C(N)=O)cn2)cc1OC. The van der Waals surface area contributed by atoms with Crippen LogP contribution in [0.2, 0.25) is 0 Å². The quantitative estimate of drug-likeness (QED) is 0.455. The summed E-state index contributed by atoms with van der Waals surface area (Å²) in [6.45, 7) is 6.59. The molecule has 0 unspecified atom stereocenters. The average Bonchev–Trinajstić information content (AvgIpc) is 2.82. The van der Waals surface area contributed by atoms with E-state index >= 15 is 0 Å². The summed E-state index contributed by atoms with van der Waals surface area (Å²) >= 11 is 0. The van der Waals surface area contributed by atoms with Crippen molar-refractivity contribution in [2.24, 2.45) is 5.73 Å². The number of nitrogens with one attached hydrogen (secondary N) is 3. The summed E-state index contributed by atoms with van der Waals surface area (Å²) in [5.74, 6) is 0.0255. The van der Waals surface area contributed by atoms with Gasteiger partial charge in [0.25, 0.3) is 11.8 Å². The second kappa shape index (κ2) is 11.1. The van der Waals surface area contributed by atoms with Gasteiger partial charge in [0.15, 0.2) is 0 Å². The maximum atomic E-state index is 12.3. The minimum atomic E-state index is -0.598. The highest BCUT2D eigenvalue weighted by Crippen LogP contribution is 2.28. The molecule has 3 amide bonds. The van der Waals surface area contributed by atoms with Gasteiger partial charge in [0.05, 0.1) is 23.9 Å². The number of anilines is 3. The highest BCUT2D eigenvalue weighted by atomic mass is 16.6. The van der Waals surface area contributed by atoms with Crippen LogP contribution in [-0.2, 0) is 4.74 Å². The zero-order valence-corrected chi connectivity index (χ0v) is 21.3. The number of rotatable bonds is 7. The molecule has 1 aromatic heterocycles. The maximum Gasteiger partial charge on any atom is 0.410 e. The molecule has 0 atom stereocenters. The molecule has 3 rings (SSSR count). The topological polar surface area (TPSA) is 148 Å². The number of piperidine rings is 1. The van der Waals surface area contributed by atoms with E-state index in [1.807, 2.05) is 20.8 Å². The smallest absolute Gasteiger partial charge is 0.410 e. The van der Waals surface area contributed by atoms with Crippen molar-refractivity contribution in [3.05, 3.63) is 41.6 Å². The molecule has 0 spiro atoms. The van der Waals surface area contributed by atoms with Gasteiger partial charge < -0.3 is 36.1 Å². The third-order valence-electron chi connectivity index (χ3n) is 5.62. The second-order valence-corrected chi connectivity index (χ2v) is 9.48. The lowest BCUT2D eigenvalue weighted by Gasteiger charge is -2.34. The molecule has 1 aliphatic heterocycles. The van der Waals surface area contributed by atoms with E-state index in [2.05, 4.69) is 20.9 Å². The Bertz CT molecular complexity index is 1120. The van der Waals surface area contributed by atoms with Gasteiger partial charge >= 0.3 is 6.09 Å². The molecular formula is C25H34N6O5. The van der Waals surface area contributed by atoms with Gasteiger partial charge in [-0.1, -0.05) is 0 Å². The van der Waals surface area contributed by atoms with Crippen LogP contribution in [0.1, 0.15) is 54.3 Å². The van der Waals surface area contributed by atoms with Gasteiger partial charge in [-0.15, -0.1) is 0 Å². The average molecular weight is 499 g/mol. The van der Waals surface area contributed by atoms with Crippen LogP contribution < -0.4 is 26.4 Å². The number of pyridine rings is 1. The summed E-state index contributed by atoms with van der Waals surface area (Å²) in [6.07, 6.45) is 2.45. The van der Waals surface area contributed by atoms with Crippen LogP contribution in [0.3, 0.4) is 0 Å². The third kappa shape index (κ3) is 6.77. The first kappa shape index (κ1) is 26.6. The first-order valence-electron chi connectivity index (χ1n) is 11.7. The normalized spacial score (nSPS) is 14.1. The number of likely N-dealkylation sites (tertiary alicyclic amines) is 1. The van der Waals surface area contributed by atoms with Gasteiger partial charge in [0, 0.05) is 50.2 Å². The summed E-state index contributed by atoms with van der Waals surface area (Å²) < 4.78 is 10.8. The highest BCUT2D eigenvalue weighted by molar-refractivity contribution is 5.99. The van der Waals surface area contributed by atoms with E-state index in [4.69, 9.17) is 15.2 Å². The first-order chi connectivity index (χ1) is 17.0. The van der Waals surface area contributed by atoms with Crippen LogP contribution in [0.15, 0.2) is 30.5 Å². The van der Waals surface area contributed by atoms with Crippen molar-refractivity contribution in [2.45, 2.75) is 45.3 Å². The number of methoxy groups -OCH3 is 1. The Morgan fingerprint density at radius 3 is 2.39 bits per heavy atom. The molecule has 11 nitrogen and oxygen atoms in total. The van der Waals surface area contributed by atoms with E-state index in [1.54, 1.807) is 36.2 Å². The molecule has 1 aliphatic rings. The molecule has 2 aromatic rings. The fourth-order valence-electron chi connectivity index (χ4n) is 3.83. The Balaban J connectivity index is 1.72. The Kier molecular flexibility index (Phi) is 8.23. The van der Waals surface area contributed by atoms with Crippen LogP contribution >= 0.6 is 0 Å². The summed E-state index contributed by atoms with van der Waals surface area (Å²) in [6, 6.07) is 6.81. The van der Waals surface area contributed by atoms with Crippen molar-refractivity contribution in [1.29, 1.82) is 0 Å². The molecule has 1 aromatic carbocycles. The summed E-state index contributed by atoms with van der Waals surface area (Å²) in [4.78, 5) is 42.4. The van der Waals surface area contributed by atoms with E-state index in [1.165, 1.54) is 13.3 Å². The summed E-state index contributed by atoms with van der Waals surface area (Å²) in [7, 11) is 3.04. The van der Waals surface area contributed by atoms with E-state index in [0.717, 1.165) is 0 Å². The number of hydrogen-bond acceptors (Lipinski definition) is 8. The molecule has 194 valence electrons. The molecule has 0 radical (unpaired) electrons. The van der Waals surface area contributed by atoms with E-state index in [-0.39, 0.29) is 23.6 Å². The molecule has 36 heavy (non-hydrogen) atoms. The molecule has 0 aliphatic carbocycles. The second-order valence-electron chi connectivity index (χ2n) is 9.48. The number of amides is 3. The van der Waals surface area contributed by atoms with Gasteiger partial charge in [-0.2, -0.15) is 0 Å². The van der Waals surface area contributed by atoms with Crippen molar-refractivity contribution in [1.82, 2.24) is 15.2 Å². The standard InChI is InChI=1S/C25H34N6O5/c1-25(2,3)36-24(34)31-10-8-15(9-11-31)29-19-13-21(28-14-18(19)22(26)32)30-16-6-7-17(23(33)27-4)20(12-16)35-5/h6-7,12-15H,8-11H2,1-5H3,(H2,26,32)(H,27,33)(H2,28,29,30). The van der Waals surface area contributed by atoms with Gasteiger partial charge in [0.1, 0.15) is 17.2 Å². The number of primary amides is 1. The minimum absolute atomic E-state index is 0.0315. The van der Waals surface area contributed by atoms with Gasteiger partial charge in [-0.05, 0) is 45.7 Å². The largest absolute Gasteiger partial charge is 0.496 e. The van der Waals surface area contributed by atoms with Crippen molar-refractivity contribution < 1.29 is 23.9 Å². The lowest BCUT2D eigenvalue weighted by atomic mass is 10.0. The molecule has 1 fully saturated rings. The molecule has 1 saturated heterocycles. The fraction of sp³-hybridized carbons (Fsp3) is 0.440. The molecule has 0 saturated carbocycles.